The van der Waals surface area contributed by atoms with Crippen molar-refractivity contribution in [2.45, 2.75) is 38.5 Å². The molecule has 0 amide bonds. The van der Waals surface area contributed by atoms with Gasteiger partial charge in [0.1, 0.15) is 11.9 Å². The molecule has 11 heteroatoms. The van der Waals surface area contributed by atoms with Crippen molar-refractivity contribution in [1.29, 1.82) is 0 Å². The van der Waals surface area contributed by atoms with E-state index in [-0.39, 0.29) is 11.8 Å². The van der Waals surface area contributed by atoms with E-state index < -0.39 is 17.4 Å². The highest BCUT2D eigenvalue weighted by molar-refractivity contribution is 5.53. The average Bonchev–Trinajstić information content (AvgIpc) is 3.04. The summed E-state index contributed by atoms with van der Waals surface area (Å²) >= 11 is 0. The molecule has 0 bridgehead atoms. The standard InChI is InChI=1S/C23H23F3N4O4/c1-14-11-20-27-19(23(24,25)26)13-21(31)30(20)28-22(14)29-7-5-15(6-8-29)34-16-3-4-17-18(12-16)33-10-2-9-32-17/h3-4,11-13,15H,2,5-10H2,1H3. The highest BCUT2D eigenvalue weighted by Gasteiger charge is 2.34. The third-order valence-electron chi connectivity index (χ3n) is 5.87. The predicted octanol–water partition coefficient (Wildman–Crippen LogP) is 3.63. The molecule has 34 heavy (non-hydrogen) atoms. The van der Waals surface area contributed by atoms with Crippen LogP contribution in [0.2, 0.25) is 0 Å². The monoisotopic (exact) mass is 476 g/mol. The van der Waals surface area contributed by atoms with Gasteiger partial charge in [-0.25, -0.2) is 4.98 Å². The van der Waals surface area contributed by atoms with Gasteiger partial charge in [-0.2, -0.15) is 17.7 Å². The molecule has 0 N–H and O–H groups in total. The molecule has 0 unspecified atom stereocenters. The summed E-state index contributed by atoms with van der Waals surface area (Å²) in [6, 6.07) is 7.48. The van der Waals surface area contributed by atoms with Gasteiger partial charge in [-0.3, -0.25) is 4.79 Å². The van der Waals surface area contributed by atoms with Gasteiger partial charge in [0.2, 0.25) is 0 Å². The van der Waals surface area contributed by atoms with Gasteiger partial charge in [0, 0.05) is 44.5 Å². The summed E-state index contributed by atoms with van der Waals surface area (Å²) in [7, 11) is 0. The van der Waals surface area contributed by atoms with Gasteiger partial charge in [-0.05, 0) is 30.7 Å². The lowest BCUT2D eigenvalue weighted by molar-refractivity contribution is -0.141. The second-order valence-corrected chi connectivity index (χ2v) is 8.36. The van der Waals surface area contributed by atoms with Crippen molar-refractivity contribution in [3.8, 4) is 17.2 Å². The number of benzene rings is 1. The molecule has 0 aliphatic carbocycles. The van der Waals surface area contributed by atoms with E-state index in [0.29, 0.717) is 73.8 Å². The van der Waals surface area contributed by atoms with Gasteiger partial charge in [-0.1, -0.05) is 0 Å². The Morgan fingerprint density at radius 3 is 2.53 bits per heavy atom. The highest BCUT2D eigenvalue weighted by atomic mass is 19.4. The second kappa shape index (κ2) is 8.69. The third kappa shape index (κ3) is 4.46. The maximum atomic E-state index is 13.0. The lowest BCUT2D eigenvalue weighted by Gasteiger charge is -2.33. The van der Waals surface area contributed by atoms with Gasteiger partial charge in [0.15, 0.2) is 28.7 Å². The van der Waals surface area contributed by atoms with E-state index in [1.807, 2.05) is 23.1 Å². The summed E-state index contributed by atoms with van der Waals surface area (Å²) in [6.07, 6.45) is -2.45. The molecule has 0 spiro atoms. The van der Waals surface area contributed by atoms with Crippen LogP contribution in [0.25, 0.3) is 5.65 Å². The number of nitrogens with zero attached hydrogens (tertiary/aromatic N) is 4. The van der Waals surface area contributed by atoms with E-state index in [1.165, 1.54) is 6.07 Å². The first-order chi connectivity index (χ1) is 16.3. The molecule has 1 fully saturated rings. The van der Waals surface area contributed by atoms with E-state index in [4.69, 9.17) is 14.2 Å². The molecule has 2 aromatic heterocycles. The van der Waals surface area contributed by atoms with E-state index in [1.54, 1.807) is 6.92 Å². The summed E-state index contributed by atoms with van der Waals surface area (Å²) < 4.78 is 57.4. The number of rotatable bonds is 3. The first-order valence-corrected chi connectivity index (χ1v) is 11.1. The molecule has 180 valence electrons. The molecule has 0 atom stereocenters. The fourth-order valence-corrected chi connectivity index (χ4v) is 4.17. The number of fused-ring (bicyclic) bond motifs is 2. The van der Waals surface area contributed by atoms with Crippen LogP contribution in [-0.2, 0) is 6.18 Å². The normalized spacial score (nSPS) is 17.0. The van der Waals surface area contributed by atoms with Crippen LogP contribution in [0.4, 0.5) is 19.0 Å². The third-order valence-corrected chi connectivity index (χ3v) is 5.87. The Morgan fingerprint density at radius 1 is 1.06 bits per heavy atom. The van der Waals surface area contributed by atoms with Gasteiger partial charge in [0.05, 0.1) is 13.2 Å². The summed E-state index contributed by atoms with van der Waals surface area (Å²) in [4.78, 5) is 17.8. The minimum atomic E-state index is -4.70. The van der Waals surface area contributed by atoms with E-state index >= 15 is 0 Å². The van der Waals surface area contributed by atoms with Crippen LogP contribution < -0.4 is 24.7 Å². The number of aromatic nitrogens is 3. The molecular formula is C23H23F3N4O4. The topological polar surface area (TPSA) is 78.2 Å². The molecule has 8 nitrogen and oxygen atoms in total. The number of halogens is 3. The van der Waals surface area contributed by atoms with Gasteiger partial charge < -0.3 is 19.1 Å². The lowest BCUT2D eigenvalue weighted by Crippen LogP contribution is -2.39. The van der Waals surface area contributed by atoms with Crippen LogP contribution in [0.5, 0.6) is 17.2 Å². The van der Waals surface area contributed by atoms with E-state index in [2.05, 4.69) is 10.1 Å². The minimum absolute atomic E-state index is 0.0134. The molecule has 1 saturated heterocycles. The van der Waals surface area contributed by atoms with Crippen LogP contribution in [0, 0.1) is 6.92 Å². The summed E-state index contributed by atoms with van der Waals surface area (Å²) in [5, 5.41) is 4.32. The van der Waals surface area contributed by atoms with E-state index in [0.717, 1.165) is 10.9 Å². The molecule has 1 aromatic carbocycles. The zero-order valence-corrected chi connectivity index (χ0v) is 18.5. The van der Waals surface area contributed by atoms with E-state index in [9.17, 15) is 18.0 Å². The van der Waals surface area contributed by atoms with Crippen molar-refractivity contribution >= 4 is 11.5 Å². The Balaban J connectivity index is 1.29. The van der Waals surface area contributed by atoms with Crippen LogP contribution in [0.15, 0.2) is 35.1 Å². The number of hydrogen-bond donors (Lipinski definition) is 0. The highest BCUT2D eigenvalue weighted by Crippen LogP contribution is 2.34. The van der Waals surface area contributed by atoms with Crippen molar-refractivity contribution in [1.82, 2.24) is 14.6 Å². The zero-order valence-electron chi connectivity index (χ0n) is 18.5. The number of alkyl halides is 3. The number of piperidine rings is 1. The molecule has 4 heterocycles. The Morgan fingerprint density at radius 2 is 1.79 bits per heavy atom. The summed E-state index contributed by atoms with van der Waals surface area (Å²) in [5.41, 5.74) is -1.58. The summed E-state index contributed by atoms with van der Waals surface area (Å²) in [6.45, 7) is 4.21. The second-order valence-electron chi connectivity index (χ2n) is 8.36. The fourth-order valence-electron chi connectivity index (χ4n) is 4.17. The largest absolute Gasteiger partial charge is 0.490 e. The molecule has 3 aromatic rings. The number of hydrogen-bond acceptors (Lipinski definition) is 7. The zero-order chi connectivity index (χ0) is 23.9. The van der Waals surface area contributed by atoms with Crippen molar-refractivity contribution in [3.05, 3.63) is 51.9 Å². The quantitative estimate of drug-likeness (QED) is 0.571. The van der Waals surface area contributed by atoms with Crippen molar-refractivity contribution < 1.29 is 27.4 Å². The minimum Gasteiger partial charge on any atom is -0.490 e. The Labute approximate surface area is 192 Å². The Bertz CT molecular complexity index is 1270. The molecule has 0 saturated carbocycles. The number of ether oxygens (including phenoxy) is 3. The summed E-state index contributed by atoms with van der Waals surface area (Å²) in [5.74, 6) is 2.65. The van der Waals surface area contributed by atoms with Gasteiger partial charge in [0.25, 0.3) is 5.56 Å². The van der Waals surface area contributed by atoms with Gasteiger partial charge in [-0.15, -0.1) is 5.10 Å². The maximum Gasteiger partial charge on any atom is 0.433 e. The van der Waals surface area contributed by atoms with Crippen LogP contribution in [0.3, 0.4) is 0 Å². The average molecular weight is 476 g/mol. The van der Waals surface area contributed by atoms with Crippen molar-refractivity contribution in [2.24, 2.45) is 0 Å². The number of anilines is 1. The molecule has 5 rings (SSSR count). The van der Waals surface area contributed by atoms with Crippen LogP contribution in [-0.4, -0.2) is 47.0 Å². The molecule has 0 radical (unpaired) electrons. The predicted molar refractivity (Wildman–Crippen MR) is 117 cm³/mol. The molecule has 2 aliphatic heterocycles. The Hall–Kier alpha value is -3.50. The maximum absolute atomic E-state index is 13.0. The first-order valence-electron chi connectivity index (χ1n) is 11.1. The van der Waals surface area contributed by atoms with Crippen molar-refractivity contribution in [2.75, 3.05) is 31.2 Å². The number of aryl methyl sites for hydroxylation is 1. The first kappa shape index (κ1) is 22.3. The van der Waals surface area contributed by atoms with Crippen LogP contribution >= 0.6 is 0 Å². The van der Waals surface area contributed by atoms with Crippen LogP contribution in [0.1, 0.15) is 30.5 Å². The smallest absolute Gasteiger partial charge is 0.433 e. The molecular weight excluding hydrogens is 453 g/mol. The van der Waals surface area contributed by atoms with Gasteiger partial charge >= 0.3 is 6.18 Å². The lowest BCUT2D eigenvalue weighted by atomic mass is 10.1. The van der Waals surface area contributed by atoms with Crippen molar-refractivity contribution in [3.63, 3.8) is 0 Å². The SMILES string of the molecule is Cc1cc2nc(C(F)(F)F)cc(=O)n2nc1N1CCC(Oc2ccc3c(c2)OCCCO3)CC1. The fraction of sp³-hybridized carbons (Fsp3) is 0.435. The molecule has 2 aliphatic rings. The Kier molecular flexibility index (Phi) is 5.70.